The molecule has 1 aliphatic carbocycles. The van der Waals surface area contributed by atoms with E-state index in [-0.39, 0.29) is 18.2 Å². The molecule has 2 heterocycles. The van der Waals surface area contributed by atoms with Crippen LogP contribution < -0.4 is 10.2 Å². The first kappa shape index (κ1) is 27.1. The number of nitrogens with one attached hydrogen (secondary N) is 2. The van der Waals surface area contributed by atoms with Crippen molar-refractivity contribution in [1.82, 2.24) is 4.98 Å². The summed E-state index contributed by atoms with van der Waals surface area (Å²) in [6.45, 7) is 5.70. The van der Waals surface area contributed by atoms with Crippen LogP contribution in [0.3, 0.4) is 0 Å². The molecule has 0 bridgehead atoms. The monoisotopic (exact) mass is 538 g/mol. The van der Waals surface area contributed by atoms with Gasteiger partial charge in [0.1, 0.15) is 5.82 Å². The Morgan fingerprint density at radius 3 is 2.49 bits per heavy atom. The van der Waals surface area contributed by atoms with Gasteiger partial charge in [-0.3, -0.25) is 0 Å². The summed E-state index contributed by atoms with van der Waals surface area (Å²) in [6.07, 6.45) is -1.57. The molecule has 0 amide bonds. The lowest BCUT2D eigenvalue weighted by molar-refractivity contribution is -0.137. The highest BCUT2D eigenvalue weighted by Crippen LogP contribution is 2.39. The van der Waals surface area contributed by atoms with Crippen LogP contribution in [0.25, 0.3) is 11.1 Å². The van der Waals surface area contributed by atoms with Gasteiger partial charge in [0, 0.05) is 48.3 Å². The standard InChI is InChI=1S/C30H33F3N4O2/c1-2-38-19-24-18-26(20-9-11-25(12-10-20)37-13-15-39-16-14-37)27(28(34)21-5-3-6-21)29(36-24)35-23-8-4-7-22(17-23)30(31,32)33/h4,7-12,17-18,21,34H,2-3,5-6,13-16,19H2,1H3,(H,35,36). The first-order valence-electron chi connectivity index (χ1n) is 13.4. The Bertz CT molecular complexity index is 1300. The van der Waals surface area contributed by atoms with Crippen molar-refractivity contribution in [3.8, 4) is 11.1 Å². The third kappa shape index (κ3) is 6.25. The van der Waals surface area contributed by atoms with Crippen molar-refractivity contribution < 1.29 is 22.6 Å². The van der Waals surface area contributed by atoms with E-state index in [1.807, 2.05) is 25.1 Å². The predicted octanol–water partition coefficient (Wildman–Crippen LogP) is 7.05. The van der Waals surface area contributed by atoms with Crippen LogP contribution in [0, 0.1) is 11.3 Å². The van der Waals surface area contributed by atoms with Gasteiger partial charge in [-0.2, -0.15) is 13.2 Å². The number of hydrogen-bond donors (Lipinski definition) is 2. The van der Waals surface area contributed by atoms with Gasteiger partial charge in [-0.15, -0.1) is 0 Å². The van der Waals surface area contributed by atoms with Crippen molar-refractivity contribution in [2.45, 2.75) is 39.0 Å². The molecule has 0 spiro atoms. The highest BCUT2D eigenvalue weighted by Gasteiger charge is 2.31. The molecule has 0 unspecified atom stereocenters. The SMILES string of the molecule is CCOCc1cc(-c2ccc(N3CCOCC3)cc2)c(C(=N)C2CCC2)c(Nc2cccc(C(F)(F)F)c2)n1. The minimum absolute atomic E-state index is 0.0953. The van der Waals surface area contributed by atoms with Crippen LogP contribution in [0.4, 0.5) is 30.4 Å². The Hall–Kier alpha value is -3.43. The molecule has 3 aromatic rings. The molecule has 39 heavy (non-hydrogen) atoms. The summed E-state index contributed by atoms with van der Waals surface area (Å²) in [7, 11) is 0. The van der Waals surface area contributed by atoms with E-state index in [1.54, 1.807) is 6.07 Å². The van der Waals surface area contributed by atoms with Gasteiger partial charge in [0.2, 0.25) is 0 Å². The highest BCUT2D eigenvalue weighted by atomic mass is 19.4. The number of nitrogens with zero attached hydrogens (tertiary/aromatic N) is 2. The van der Waals surface area contributed by atoms with Crippen LogP contribution in [0.1, 0.15) is 43.0 Å². The van der Waals surface area contributed by atoms with Gasteiger partial charge in [-0.05, 0) is 67.3 Å². The van der Waals surface area contributed by atoms with Crippen LogP contribution >= 0.6 is 0 Å². The van der Waals surface area contributed by atoms with Gasteiger partial charge < -0.3 is 25.1 Å². The Kier molecular flexibility index (Phi) is 8.18. The number of hydrogen-bond acceptors (Lipinski definition) is 6. The molecule has 206 valence electrons. The molecular weight excluding hydrogens is 505 g/mol. The zero-order valence-electron chi connectivity index (χ0n) is 22.0. The highest BCUT2D eigenvalue weighted by molar-refractivity contribution is 6.10. The Balaban J connectivity index is 1.59. The summed E-state index contributed by atoms with van der Waals surface area (Å²) >= 11 is 0. The molecule has 2 aliphatic rings. The Morgan fingerprint density at radius 2 is 1.85 bits per heavy atom. The number of benzene rings is 2. The lowest BCUT2D eigenvalue weighted by Gasteiger charge is -2.30. The van der Waals surface area contributed by atoms with Crippen LogP contribution in [-0.2, 0) is 22.3 Å². The van der Waals surface area contributed by atoms with Crippen molar-refractivity contribution in [2.75, 3.05) is 43.1 Å². The quantitative estimate of drug-likeness (QED) is 0.286. The molecule has 1 saturated carbocycles. The molecule has 0 atom stereocenters. The minimum atomic E-state index is -4.46. The lowest BCUT2D eigenvalue weighted by Crippen LogP contribution is -2.36. The van der Waals surface area contributed by atoms with Crippen LogP contribution in [0.15, 0.2) is 54.6 Å². The minimum Gasteiger partial charge on any atom is -0.378 e. The maximum absolute atomic E-state index is 13.4. The third-order valence-corrected chi connectivity index (χ3v) is 7.32. The smallest absolute Gasteiger partial charge is 0.378 e. The van der Waals surface area contributed by atoms with Gasteiger partial charge in [0.25, 0.3) is 0 Å². The third-order valence-electron chi connectivity index (χ3n) is 7.32. The molecule has 1 aromatic heterocycles. The van der Waals surface area contributed by atoms with Gasteiger partial charge in [0.15, 0.2) is 0 Å². The number of halogens is 3. The molecule has 9 heteroatoms. The van der Waals surface area contributed by atoms with E-state index in [2.05, 4.69) is 22.3 Å². The van der Waals surface area contributed by atoms with E-state index in [4.69, 9.17) is 19.9 Å². The molecular formula is C30H33F3N4O2. The number of ether oxygens (including phenoxy) is 2. The number of rotatable bonds is 9. The summed E-state index contributed by atoms with van der Waals surface area (Å²) in [5.74, 6) is 0.466. The van der Waals surface area contributed by atoms with Crippen LogP contribution in [-0.4, -0.2) is 43.6 Å². The zero-order valence-corrected chi connectivity index (χ0v) is 22.0. The molecule has 2 fully saturated rings. The van der Waals surface area contributed by atoms with Gasteiger partial charge in [-0.25, -0.2) is 4.98 Å². The van der Waals surface area contributed by atoms with Crippen LogP contribution in [0.5, 0.6) is 0 Å². The molecule has 6 nitrogen and oxygen atoms in total. The summed E-state index contributed by atoms with van der Waals surface area (Å²) in [4.78, 5) is 7.03. The van der Waals surface area contributed by atoms with Crippen molar-refractivity contribution in [2.24, 2.45) is 5.92 Å². The molecule has 5 rings (SSSR count). The van der Waals surface area contributed by atoms with E-state index >= 15 is 0 Å². The number of aromatic nitrogens is 1. The van der Waals surface area contributed by atoms with Crippen LogP contribution in [0.2, 0.25) is 0 Å². The molecule has 1 saturated heterocycles. The van der Waals surface area contributed by atoms with E-state index in [9.17, 15) is 13.2 Å². The second-order valence-electron chi connectivity index (χ2n) is 9.91. The van der Waals surface area contributed by atoms with Crippen molar-refractivity contribution in [3.05, 3.63) is 71.4 Å². The first-order valence-corrected chi connectivity index (χ1v) is 13.4. The normalized spacial score (nSPS) is 16.2. The van der Waals surface area contributed by atoms with E-state index in [0.717, 1.165) is 61.3 Å². The summed E-state index contributed by atoms with van der Waals surface area (Å²) in [5, 5.41) is 12.3. The fourth-order valence-electron chi connectivity index (χ4n) is 4.95. The molecule has 1 aliphatic heterocycles. The topological polar surface area (TPSA) is 70.5 Å². The number of pyridine rings is 1. The fraction of sp³-hybridized carbons (Fsp3) is 0.400. The van der Waals surface area contributed by atoms with E-state index < -0.39 is 11.7 Å². The zero-order chi connectivity index (χ0) is 27.4. The summed E-state index contributed by atoms with van der Waals surface area (Å²) in [6, 6.07) is 15.2. The molecule has 2 aromatic carbocycles. The predicted molar refractivity (Wildman–Crippen MR) is 147 cm³/mol. The molecule has 0 radical (unpaired) electrons. The average Bonchev–Trinajstić information content (AvgIpc) is 2.91. The molecule has 2 N–H and O–H groups in total. The number of alkyl halides is 3. The van der Waals surface area contributed by atoms with E-state index in [0.29, 0.717) is 42.6 Å². The number of anilines is 3. The fourth-order valence-corrected chi connectivity index (χ4v) is 4.95. The van der Waals surface area contributed by atoms with Crippen molar-refractivity contribution in [1.29, 1.82) is 5.41 Å². The second kappa shape index (κ2) is 11.8. The summed E-state index contributed by atoms with van der Waals surface area (Å²) in [5.41, 5.74) is 4.08. The number of morpholine rings is 1. The maximum Gasteiger partial charge on any atom is 0.416 e. The van der Waals surface area contributed by atoms with Gasteiger partial charge >= 0.3 is 6.18 Å². The summed E-state index contributed by atoms with van der Waals surface area (Å²) < 4.78 is 51.4. The second-order valence-corrected chi connectivity index (χ2v) is 9.91. The Labute approximate surface area is 226 Å². The van der Waals surface area contributed by atoms with Crippen molar-refractivity contribution >= 4 is 22.9 Å². The Morgan fingerprint density at radius 1 is 1.10 bits per heavy atom. The lowest BCUT2D eigenvalue weighted by atomic mass is 9.78. The largest absolute Gasteiger partial charge is 0.416 e. The average molecular weight is 539 g/mol. The maximum atomic E-state index is 13.4. The van der Waals surface area contributed by atoms with Crippen molar-refractivity contribution in [3.63, 3.8) is 0 Å². The van der Waals surface area contributed by atoms with Gasteiger partial charge in [0.05, 0.1) is 31.1 Å². The van der Waals surface area contributed by atoms with E-state index in [1.165, 1.54) is 6.07 Å². The van der Waals surface area contributed by atoms with Gasteiger partial charge in [-0.1, -0.05) is 24.6 Å². The first-order chi connectivity index (χ1) is 18.8.